The van der Waals surface area contributed by atoms with Gasteiger partial charge in [0, 0.05) is 32.7 Å². The maximum absolute atomic E-state index is 13.8. The van der Waals surface area contributed by atoms with Crippen molar-refractivity contribution in [1.82, 2.24) is 15.5 Å². The van der Waals surface area contributed by atoms with Gasteiger partial charge in [0.15, 0.2) is 5.96 Å². The lowest BCUT2D eigenvalue weighted by Gasteiger charge is -2.27. The number of hydrogen-bond donors (Lipinski definition) is 2. The van der Waals surface area contributed by atoms with Gasteiger partial charge in [0.25, 0.3) is 0 Å². The van der Waals surface area contributed by atoms with E-state index in [0.29, 0.717) is 25.1 Å². The zero-order valence-electron chi connectivity index (χ0n) is 17.6. The standard InChI is InChI=1S/C23H31FN4O.HI/c1-2-25-23(26-12-11-19-7-5-6-10-22(19)24)27-17-20-8-3-4-9-21(20)18-28-13-15-29-16-14-28;/h3-10H,2,11-18H2,1H3,(H2,25,26,27);1H. The number of ether oxygens (including phenoxy) is 1. The summed E-state index contributed by atoms with van der Waals surface area (Å²) in [4.78, 5) is 7.17. The molecule has 1 fully saturated rings. The van der Waals surface area contributed by atoms with Gasteiger partial charge in [0.2, 0.25) is 0 Å². The van der Waals surface area contributed by atoms with Gasteiger partial charge >= 0.3 is 0 Å². The SMILES string of the molecule is CCNC(=NCc1ccccc1CN1CCOCC1)NCCc1ccccc1F.I. The molecule has 1 saturated heterocycles. The molecule has 0 atom stereocenters. The Kier molecular flexibility index (Phi) is 11.1. The van der Waals surface area contributed by atoms with Crippen LogP contribution in [0.2, 0.25) is 0 Å². The highest BCUT2D eigenvalue weighted by atomic mass is 127. The number of guanidine groups is 1. The number of nitrogens with one attached hydrogen (secondary N) is 2. The number of rotatable bonds is 8. The molecular weight excluding hydrogens is 494 g/mol. The Morgan fingerprint density at radius 1 is 1.00 bits per heavy atom. The van der Waals surface area contributed by atoms with Gasteiger partial charge in [0.1, 0.15) is 5.82 Å². The Labute approximate surface area is 196 Å². The molecule has 0 amide bonds. The molecule has 30 heavy (non-hydrogen) atoms. The van der Waals surface area contributed by atoms with E-state index in [2.05, 4.69) is 39.8 Å². The highest BCUT2D eigenvalue weighted by molar-refractivity contribution is 14.0. The van der Waals surface area contributed by atoms with Crippen LogP contribution in [-0.2, 0) is 24.2 Å². The molecule has 1 heterocycles. The van der Waals surface area contributed by atoms with Gasteiger partial charge in [-0.2, -0.15) is 0 Å². The van der Waals surface area contributed by atoms with Crippen molar-refractivity contribution in [2.45, 2.75) is 26.4 Å². The van der Waals surface area contributed by atoms with Crippen LogP contribution in [0.1, 0.15) is 23.6 Å². The largest absolute Gasteiger partial charge is 0.379 e. The van der Waals surface area contributed by atoms with E-state index >= 15 is 0 Å². The average molecular weight is 526 g/mol. The topological polar surface area (TPSA) is 48.9 Å². The minimum absolute atomic E-state index is 0. The Balaban J connectivity index is 0.00000320. The molecule has 2 N–H and O–H groups in total. The second-order valence-electron chi connectivity index (χ2n) is 7.12. The van der Waals surface area contributed by atoms with Crippen LogP contribution in [0, 0.1) is 5.82 Å². The van der Waals surface area contributed by atoms with Crippen molar-refractivity contribution in [2.24, 2.45) is 4.99 Å². The third-order valence-corrected chi connectivity index (χ3v) is 5.01. The van der Waals surface area contributed by atoms with Crippen LogP contribution in [-0.4, -0.2) is 50.3 Å². The summed E-state index contributed by atoms with van der Waals surface area (Å²) in [5, 5.41) is 6.59. The third kappa shape index (κ3) is 7.85. The smallest absolute Gasteiger partial charge is 0.191 e. The Morgan fingerprint density at radius 2 is 1.67 bits per heavy atom. The van der Waals surface area contributed by atoms with Crippen LogP contribution in [0.25, 0.3) is 0 Å². The number of morpholine rings is 1. The summed E-state index contributed by atoms with van der Waals surface area (Å²) in [7, 11) is 0. The van der Waals surface area contributed by atoms with Gasteiger partial charge in [-0.3, -0.25) is 4.90 Å². The van der Waals surface area contributed by atoms with Crippen LogP contribution in [0.4, 0.5) is 4.39 Å². The van der Waals surface area contributed by atoms with Crippen molar-refractivity contribution in [3.63, 3.8) is 0 Å². The monoisotopic (exact) mass is 526 g/mol. The summed E-state index contributed by atoms with van der Waals surface area (Å²) >= 11 is 0. The second kappa shape index (κ2) is 13.6. The number of nitrogens with zero attached hydrogens (tertiary/aromatic N) is 2. The minimum atomic E-state index is -0.159. The summed E-state index contributed by atoms with van der Waals surface area (Å²) in [6, 6.07) is 15.4. The molecule has 7 heteroatoms. The highest BCUT2D eigenvalue weighted by Crippen LogP contribution is 2.14. The Bertz CT molecular complexity index is 796. The number of hydrogen-bond acceptors (Lipinski definition) is 3. The van der Waals surface area contributed by atoms with Crippen LogP contribution in [0.15, 0.2) is 53.5 Å². The van der Waals surface area contributed by atoms with Crippen molar-refractivity contribution >= 4 is 29.9 Å². The predicted octanol–water partition coefficient (Wildman–Crippen LogP) is 3.57. The molecular formula is C23H32FIN4O. The first-order valence-electron chi connectivity index (χ1n) is 10.4. The van der Waals surface area contributed by atoms with Crippen molar-refractivity contribution in [3.8, 4) is 0 Å². The fourth-order valence-electron chi connectivity index (χ4n) is 3.39. The predicted molar refractivity (Wildman–Crippen MR) is 131 cm³/mol. The quantitative estimate of drug-likeness (QED) is 0.314. The van der Waals surface area contributed by atoms with E-state index in [9.17, 15) is 4.39 Å². The molecule has 1 aliphatic heterocycles. The molecule has 2 aromatic carbocycles. The molecule has 0 spiro atoms. The number of benzene rings is 2. The first kappa shape index (κ1) is 24.6. The second-order valence-corrected chi connectivity index (χ2v) is 7.12. The first-order chi connectivity index (χ1) is 14.3. The summed E-state index contributed by atoms with van der Waals surface area (Å²) in [6.07, 6.45) is 0.616. The van der Waals surface area contributed by atoms with Gasteiger partial charge in [0.05, 0.1) is 19.8 Å². The Hall–Kier alpha value is -1.71. The minimum Gasteiger partial charge on any atom is -0.379 e. The zero-order chi connectivity index (χ0) is 20.3. The van der Waals surface area contributed by atoms with Gasteiger partial charge < -0.3 is 15.4 Å². The van der Waals surface area contributed by atoms with Crippen molar-refractivity contribution in [1.29, 1.82) is 0 Å². The van der Waals surface area contributed by atoms with E-state index in [1.165, 1.54) is 17.2 Å². The van der Waals surface area contributed by atoms with Crippen molar-refractivity contribution < 1.29 is 9.13 Å². The number of halogens is 2. The summed E-state index contributed by atoms with van der Waals surface area (Å²) in [6.45, 7) is 8.52. The van der Waals surface area contributed by atoms with Crippen LogP contribution >= 0.6 is 24.0 Å². The molecule has 0 bridgehead atoms. The van der Waals surface area contributed by atoms with Crippen LogP contribution in [0.3, 0.4) is 0 Å². The van der Waals surface area contributed by atoms with Crippen LogP contribution in [0.5, 0.6) is 0 Å². The lowest BCUT2D eigenvalue weighted by atomic mass is 10.1. The van der Waals surface area contributed by atoms with E-state index in [-0.39, 0.29) is 29.8 Å². The maximum atomic E-state index is 13.8. The van der Waals surface area contributed by atoms with E-state index in [1.807, 2.05) is 19.1 Å². The summed E-state index contributed by atoms with van der Waals surface area (Å²) < 4.78 is 19.2. The summed E-state index contributed by atoms with van der Waals surface area (Å²) in [5.74, 6) is 0.596. The lowest BCUT2D eigenvalue weighted by molar-refractivity contribution is 0.0341. The van der Waals surface area contributed by atoms with Gasteiger partial charge in [-0.1, -0.05) is 42.5 Å². The summed E-state index contributed by atoms with van der Waals surface area (Å²) in [5.41, 5.74) is 3.25. The van der Waals surface area contributed by atoms with Gasteiger partial charge in [-0.15, -0.1) is 24.0 Å². The van der Waals surface area contributed by atoms with Crippen LogP contribution < -0.4 is 10.6 Å². The van der Waals surface area contributed by atoms with E-state index < -0.39 is 0 Å². The van der Waals surface area contributed by atoms with Gasteiger partial charge in [-0.05, 0) is 36.1 Å². The number of aliphatic imine (C=N–C) groups is 1. The van der Waals surface area contributed by atoms with E-state index in [0.717, 1.165) is 45.4 Å². The third-order valence-electron chi connectivity index (χ3n) is 5.01. The fourth-order valence-corrected chi connectivity index (χ4v) is 3.39. The highest BCUT2D eigenvalue weighted by Gasteiger charge is 2.12. The Morgan fingerprint density at radius 3 is 2.37 bits per heavy atom. The molecule has 164 valence electrons. The molecule has 0 aromatic heterocycles. The fraction of sp³-hybridized carbons (Fsp3) is 0.435. The molecule has 0 unspecified atom stereocenters. The molecule has 1 aliphatic rings. The van der Waals surface area contributed by atoms with Crippen molar-refractivity contribution in [2.75, 3.05) is 39.4 Å². The normalized spacial score (nSPS) is 14.8. The molecule has 0 aliphatic carbocycles. The average Bonchev–Trinajstić information content (AvgIpc) is 2.75. The molecule has 5 nitrogen and oxygen atoms in total. The van der Waals surface area contributed by atoms with Gasteiger partial charge in [-0.25, -0.2) is 9.38 Å². The zero-order valence-corrected chi connectivity index (χ0v) is 19.9. The van der Waals surface area contributed by atoms with E-state index in [1.54, 1.807) is 6.07 Å². The molecule has 0 radical (unpaired) electrons. The molecule has 2 aromatic rings. The molecule has 0 saturated carbocycles. The molecule has 3 rings (SSSR count). The van der Waals surface area contributed by atoms with Crippen molar-refractivity contribution in [3.05, 3.63) is 71.0 Å². The first-order valence-corrected chi connectivity index (χ1v) is 10.4. The lowest BCUT2D eigenvalue weighted by Crippen LogP contribution is -2.38. The maximum Gasteiger partial charge on any atom is 0.191 e. The van der Waals surface area contributed by atoms with E-state index in [4.69, 9.17) is 9.73 Å².